The van der Waals surface area contributed by atoms with E-state index < -0.39 is 11.8 Å². The van der Waals surface area contributed by atoms with E-state index in [-0.39, 0.29) is 22.8 Å². The van der Waals surface area contributed by atoms with E-state index >= 15 is 0 Å². The average molecular weight is 384 g/mol. The van der Waals surface area contributed by atoms with E-state index in [1.807, 2.05) is 27.7 Å². The van der Waals surface area contributed by atoms with Crippen molar-refractivity contribution in [3.05, 3.63) is 54.3 Å². The van der Waals surface area contributed by atoms with E-state index in [2.05, 4.69) is 20.3 Å². The number of oxazole rings is 1. The minimum absolute atomic E-state index is 0.0348. The Morgan fingerprint density at radius 3 is 2.46 bits per heavy atom. The summed E-state index contributed by atoms with van der Waals surface area (Å²) in [4.78, 5) is 35.4. The summed E-state index contributed by atoms with van der Waals surface area (Å²) in [5, 5.41) is 2.55. The zero-order valence-corrected chi connectivity index (χ0v) is 16.3. The number of anilines is 2. The molecule has 0 unspecified atom stereocenters. The Balaban J connectivity index is 0.000000921. The molecule has 0 aliphatic heterocycles. The van der Waals surface area contributed by atoms with Crippen molar-refractivity contribution in [2.24, 2.45) is 5.73 Å². The van der Waals surface area contributed by atoms with Gasteiger partial charge in [-0.05, 0) is 18.2 Å². The molecule has 0 aromatic carbocycles. The predicted molar refractivity (Wildman–Crippen MR) is 108 cm³/mol. The van der Waals surface area contributed by atoms with E-state index in [9.17, 15) is 9.59 Å². The smallest absolute Gasteiger partial charge is 0.277 e. The molecule has 0 aliphatic rings. The molecule has 0 saturated carbocycles. The second-order valence-corrected chi connectivity index (χ2v) is 4.75. The van der Waals surface area contributed by atoms with Gasteiger partial charge < -0.3 is 21.2 Å². The molecule has 2 amide bonds. The number of amides is 2. The fourth-order valence-corrected chi connectivity index (χ4v) is 1.98. The van der Waals surface area contributed by atoms with Gasteiger partial charge in [0.15, 0.2) is 5.69 Å². The highest BCUT2D eigenvalue weighted by atomic mass is 16.3. The van der Waals surface area contributed by atoms with Gasteiger partial charge in [-0.25, -0.2) is 9.97 Å². The zero-order valence-electron chi connectivity index (χ0n) is 16.3. The van der Waals surface area contributed by atoms with E-state index in [4.69, 9.17) is 15.9 Å². The Morgan fingerprint density at radius 1 is 1.11 bits per heavy atom. The van der Waals surface area contributed by atoms with Crippen LogP contribution >= 0.6 is 0 Å². The Labute approximate surface area is 163 Å². The first-order chi connectivity index (χ1) is 13.5. The fourth-order valence-electron chi connectivity index (χ4n) is 1.98. The third kappa shape index (κ3) is 5.63. The molecule has 148 valence electrons. The highest BCUT2D eigenvalue weighted by molar-refractivity contribution is 6.07. The number of pyridine rings is 2. The van der Waals surface area contributed by atoms with E-state index in [1.54, 1.807) is 12.1 Å². The first kappa shape index (κ1) is 22.3. The van der Waals surface area contributed by atoms with E-state index in [0.717, 1.165) is 0 Å². The molecular weight excluding hydrogens is 360 g/mol. The van der Waals surface area contributed by atoms with Crippen LogP contribution in [0.2, 0.25) is 0 Å². The van der Waals surface area contributed by atoms with Crippen LogP contribution < -0.4 is 16.8 Å². The second-order valence-electron chi connectivity index (χ2n) is 4.75. The van der Waals surface area contributed by atoms with Crippen LogP contribution in [0.15, 0.2) is 47.5 Å². The van der Waals surface area contributed by atoms with Crippen LogP contribution in [0.25, 0.3) is 11.5 Å². The number of carbonyl (C=O) groups excluding carboxylic acids is 2. The first-order valence-corrected chi connectivity index (χ1v) is 8.77. The first-order valence-electron chi connectivity index (χ1n) is 8.77. The lowest BCUT2D eigenvalue weighted by molar-refractivity contribution is 0.100. The normalized spacial score (nSPS) is 9.29. The lowest BCUT2D eigenvalue weighted by Crippen LogP contribution is -2.18. The zero-order chi connectivity index (χ0) is 21.1. The minimum atomic E-state index is -0.702. The molecule has 3 aromatic heterocycles. The van der Waals surface area contributed by atoms with Crippen molar-refractivity contribution in [2.75, 3.05) is 11.1 Å². The van der Waals surface area contributed by atoms with Gasteiger partial charge in [0.1, 0.15) is 12.1 Å². The molecule has 0 aliphatic carbocycles. The molecule has 0 spiro atoms. The summed E-state index contributed by atoms with van der Waals surface area (Å²) in [6, 6.07) is 4.68. The molecule has 28 heavy (non-hydrogen) atoms. The van der Waals surface area contributed by atoms with Crippen LogP contribution in [-0.4, -0.2) is 26.8 Å². The summed E-state index contributed by atoms with van der Waals surface area (Å²) in [6.07, 6.45) is 5.40. The Hall–Kier alpha value is -3.75. The van der Waals surface area contributed by atoms with Crippen LogP contribution in [0.5, 0.6) is 0 Å². The van der Waals surface area contributed by atoms with Crippen molar-refractivity contribution in [2.45, 2.75) is 27.7 Å². The Morgan fingerprint density at radius 2 is 1.82 bits per heavy atom. The van der Waals surface area contributed by atoms with Crippen molar-refractivity contribution in [1.29, 1.82) is 0 Å². The quantitative estimate of drug-likeness (QED) is 0.625. The van der Waals surface area contributed by atoms with Gasteiger partial charge in [-0.2, -0.15) is 0 Å². The summed E-state index contributed by atoms with van der Waals surface area (Å²) in [5.41, 5.74) is 11.8. The van der Waals surface area contributed by atoms with Crippen molar-refractivity contribution >= 4 is 23.3 Å². The predicted octanol–water partition coefficient (Wildman–Crippen LogP) is 3.12. The van der Waals surface area contributed by atoms with Gasteiger partial charge in [0.25, 0.3) is 11.8 Å². The number of primary amides is 1. The maximum atomic E-state index is 12.3. The molecule has 3 rings (SSSR count). The van der Waals surface area contributed by atoms with Crippen molar-refractivity contribution in [3.8, 4) is 11.5 Å². The number of hydrogen-bond acceptors (Lipinski definition) is 7. The lowest BCUT2D eigenvalue weighted by atomic mass is 10.2. The highest BCUT2D eigenvalue weighted by Gasteiger charge is 2.16. The Kier molecular flexibility index (Phi) is 8.81. The fraction of sp³-hybridized carbons (Fsp3) is 0.211. The molecule has 3 aromatic rings. The molecule has 5 N–H and O–H groups in total. The number of aromatic nitrogens is 3. The van der Waals surface area contributed by atoms with Crippen LogP contribution in [0.4, 0.5) is 11.5 Å². The average Bonchev–Trinajstić information content (AvgIpc) is 3.22. The summed E-state index contributed by atoms with van der Waals surface area (Å²) in [6.45, 7) is 8.00. The molecular formula is C19H24N6O3. The molecule has 0 radical (unpaired) electrons. The van der Waals surface area contributed by atoms with Gasteiger partial charge in [0, 0.05) is 24.2 Å². The molecule has 0 bridgehead atoms. The van der Waals surface area contributed by atoms with Crippen molar-refractivity contribution < 1.29 is 14.0 Å². The Bertz CT molecular complexity index is 923. The van der Waals surface area contributed by atoms with Gasteiger partial charge in [-0.3, -0.25) is 14.6 Å². The second kappa shape index (κ2) is 11.1. The summed E-state index contributed by atoms with van der Waals surface area (Å²) < 4.78 is 5.28. The largest absolute Gasteiger partial charge is 0.444 e. The van der Waals surface area contributed by atoms with Crippen molar-refractivity contribution in [3.63, 3.8) is 0 Å². The van der Waals surface area contributed by atoms with Crippen molar-refractivity contribution in [1.82, 2.24) is 15.0 Å². The van der Waals surface area contributed by atoms with Gasteiger partial charge in [0.05, 0.1) is 11.3 Å². The van der Waals surface area contributed by atoms with Crippen LogP contribution in [0.1, 0.15) is 48.5 Å². The SMILES string of the molecule is CC.CC.NC(=O)c1cnccc1NC(=O)c1coc(-c2ccnc(N)c2)n1. The number of nitrogens with one attached hydrogen (secondary N) is 1. The lowest BCUT2D eigenvalue weighted by Gasteiger charge is -2.06. The number of hydrogen-bond donors (Lipinski definition) is 3. The molecule has 0 fully saturated rings. The number of nitrogens with two attached hydrogens (primary N) is 2. The molecule has 0 saturated heterocycles. The third-order valence-electron chi connectivity index (χ3n) is 3.10. The van der Waals surface area contributed by atoms with Gasteiger partial charge in [-0.1, -0.05) is 27.7 Å². The molecule has 3 heterocycles. The highest BCUT2D eigenvalue weighted by Crippen LogP contribution is 2.20. The van der Waals surface area contributed by atoms with Crippen LogP contribution in [0.3, 0.4) is 0 Å². The maximum Gasteiger partial charge on any atom is 0.277 e. The number of nitrogen functional groups attached to an aromatic ring is 1. The molecule has 9 heteroatoms. The summed E-state index contributed by atoms with van der Waals surface area (Å²) >= 11 is 0. The minimum Gasteiger partial charge on any atom is -0.444 e. The molecule has 0 atom stereocenters. The van der Waals surface area contributed by atoms with Crippen LogP contribution in [-0.2, 0) is 0 Å². The summed E-state index contributed by atoms with van der Waals surface area (Å²) in [5.74, 6) is -0.731. The number of rotatable bonds is 4. The van der Waals surface area contributed by atoms with E-state index in [1.165, 1.54) is 30.9 Å². The van der Waals surface area contributed by atoms with Gasteiger partial charge in [0.2, 0.25) is 5.89 Å². The maximum absolute atomic E-state index is 12.3. The number of carbonyl (C=O) groups is 2. The molecule has 9 nitrogen and oxygen atoms in total. The topological polar surface area (TPSA) is 150 Å². The van der Waals surface area contributed by atoms with Crippen LogP contribution in [0, 0.1) is 0 Å². The van der Waals surface area contributed by atoms with E-state index in [0.29, 0.717) is 11.4 Å². The number of nitrogens with zero attached hydrogens (tertiary/aromatic N) is 3. The monoisotopic (exact) mass is 384 g/mol. The van der Waals surface area contributed by atoms with Gasteiger partial charge in [-0.15, -0.1) is 0 Å². The summed E-state index contributed by atoms with van der Waals surface area (Å²) in [7, 11) is 0. The third-order valence-corrected chi connectivity index (χ3v) is 3.10. The van der Waals surface area contributed by atoms with Gasteiger partial charge >= 0.3 is 0 Å². The standard InChI is InChI=1S/C15H12N6O3.2C2H6/c16-12-5-8(1-4-19-12)15-21-11(7-24-15)14(23)20-10-2-3-18-6-9(10)13(17)22;2*1-2/h1-7H,(H2,16,19)(H2,17,22)(H,18,20,23);2*1-2H3.